The quantitative estimate of drug-likeness (QED) is 0.589. The van der Waals surface area contributed by atoms with Crippen LogP contribution in [0, 0.1) is 0 Å². The maximum absolute atomic E-state index is 12.0. The first-order valence-corrected chi connectivity index (χ1v) is 6.81. The molecule has 0 aliphatic heterocycles. The molecule has 0 radical (unpaired) electrons. The largest absolute Gasteiger partial charge is 0.422 e. The summed E-state index contributed by atoms with van der Waals surface area (Å²) in [6, 6.07) is 9.15. The van der Waals surface area contributed by atoms with Crippen molar-refractivity contribution in [2.75, 3.05) is 11.9 Å². The second kappa shape index (κ2) is 5.26. The molecule has 0 fully saturated rings. The standard InChI is InChI=1S/C14H11N3O2S/c1-2-7-15-14-17-16-12(20-14)10-8-9-5-3-4-6-11(9)19-13(10)18/h2-6,8H,1,7H2,(H,15,17). The zero-order chi connectivity index (χ0) is 13.9. The van der Waals surface area contributed by atoms with Crippen LogP contribution in [0.25, 0.3) is 21.5 Å². The van der Waals surface area contributed by atoms with E-state index in [1.807, 2.05) is 18.2 Å². The van der Waals surface area contributed by atoms with Gasteiger partial charge in [0.2, 0.25) is 5.13 Å². The highest BCUT2D eigenvalue weighted by Crippen LogP contribution is 2.26. The Balaban J connectivity index is 2.05. The Morgan fingerprint density at radius 2 is 2.20 bits per heavy atom. The lowest BCUT2D eigenvalue weighted by atomic mass is 10.2. The Hall–Kier alpha value is -2.47. The van der Waals surface area contributed by atoms with Crippen molar-refractivity contribution in [3.8, 4) is 10.6 Å². The molecule has 1 N–H and O–H groups in total. The molecule has 5 nitrogen and oxygen atoms in total. The van der Waals surface area contributed by atoms with E-state index in [0.29, 0.717) is 27.8 Å². The summed E-state index contributed by atoms with van der Waals surface area (Å²) in [6.45, 7) is 4.22. The minimum Gasteiger partial charge on any atom is -0.422 e. The molecule has 0 amide bonds. The number of para-hydroxylation sites is 1. The summed E-state index contributed by atoms with van der Waals surface area (Å²) in [7, 11) is 0. The number of fused-ring (bicyclic) bond motifs is 1. The van der Waals surface area contributed by atoms with Crippen LogP contribution in [0.1, 0.15) is 0 Å². The smallest absolute Gasteiger partial charge is 0.346 e. The second-order valence-electron chi connectivity index (χ2n) is 4.07. The fraction of sp³-hybridized carbons (Fsp3) is 0.0714. The Morgan fingerprint density at radius 1 is 1.35 bits per heavy atom. The van der Waals surface area contributed by atoms with Crippen molar-refractivity contribution in [3.05, 3.63) is 53.4 Å². The van der Waals surface area contributed by atoms with E-state index in [0.717, 1.165) is 5.39 Å². The van der Waals surface area contributed by atoms with E-state index >= 15 is 0 Å². The molecule has 2 aromatic heterocycles. The van der Waals surface area contributed by atoms with E-state index in [4.69, 9.17) is 4.42 Å². The van der Waals surface area contributed by atoms with Gasteiger partial charge in [-0.2, -0.15) is 0 Å². The van der Waals surface area contributed by atoms with E-state index in [9.17, 15) is 4.79 Å². The lowest BCUT2D eigenvalue weighted by Crippen LogP contribution is -2.02. The molecule has 2 heterocycles. The zero-order valence-corrected chi connectivity index (χ0v) is 11.3. The van der Waals surface area contributed by atoms with E-state index in [2.05, 4.69) is 22.1 Å². The highest BCUT2D eigenvalue weighted by atomic mass is 32.1. The van der Waals surface area contributed by atoms with Gasteiger partial charge in [-0.25, -0.2) is 4.79 Å². The zero-order valence-electron chi connectivity index (χ0n) is 10.5. The summed E-state index contributed by atoms with van der Waals surface area (Å²) in [4.78, 5) is 12.0. The Bertz CT molecular complexity index is 822. The lowest BCUT2D eigenvalue weighted by molar-refractivity contribution is 0.563. The molecule has 100 valence electrons. The van der Waals surface area contributed by atoms with Gasteiger partial charge >= 0.3 is 5.63 Å². The lowest BCUT2D eigenvalue weighted by Gasteiger charge is -1.98. The predicted molar refractivity (Wildman–Crippen MR) is 80.1 cm³/mol. The summed E-state index contributed by atoms with van der Waals surface area (Å²) in [5.74, 6) is 0. The van der Waals surface area contributed by atoms with E-state index in [1.165, 1.54) is 11.3 Å². The minimum absolute atomic E-state index is 0.407. The molecule has 0 aliphatic rings. The van der Waals surface area contributed by atoms with Gasteiger partial charge in [0.15, 0.2) is 5.01 Å². The third kappa shape index (κ3) is 2.33. The van der Waals surface area contributed by atoms with Crippen molar-refractivity contribution in [2.45, 2.75) is 0 Å². The Kier molecular flexibility index (Phi) is 3.30. The molecule has 0 spiro atoms. The second-order valence-corrected chi connectivity index (χ2v) is 5.04. The molecule has 0 saturated carbocycles. The van der Waals surface area contributed by atoms with Crippen LogP contribution < -0.4 is 10.9 Å². The third-order valence-electron chi connectivity index (χ3n) is 2.69. The minimum atomic E-state index is -0.407. The molecular formula is C14H11N3O2S. The molecular weight excluding hydrogens is 274 g/mol. The molecule has 0 unspecified atom stereocenters. The fourth-order valence-corrected chi connectivity index (χ4v) is 2.53. The van der Waals surface area contributed by atoms with Gasteiger partial charge in [-0.3, -0.25) is 0 Å². The van der Waals surface area contributed by atoms with Crippen LogP contribution in [0.4, 0.5) is 5.13 Å². The van der Waals surface area contributed by atoms with Crippen molar-refractivity contribution in [3.63, 3.8) is 0 Å². The van der Waals surface area contributed by atoms with Gasteiger partial charge in [0.1, 0.15) is 5.58 Å². The number of nitrogens with zero attached hydrogens (tertiary/aromatic N) is 2. The normalized spacial score (nSPS) is 10.6. The number of anilines is 1. The molecule has 6 heteroatoms. The fourth-order valence-electron chi connectivity index (χ4n) is 1.77. The van der Waals surface area contributed by atoms with Crippen molar-refractivity contribution in [1.82, 2.24) is 10.2 Å². The van der Waals surface area contributed by atoms with Gasteiger partial charge in [0.25, 0.3) is 0 Å². The number of benzene rings is 1. The SMILES string of the molecule is C=CCNc1nnc(-c2cc3ccccc3oc2=O)s1. The molecule has 0 bridgehead atoms. The van der Waals surface area contributed by atoms with Crippen LogP contribution in [0.2, 0.25) is 0 Å². The van der Waals surface area contributed by atoms with Gasteiger partial charge in [-0.05, 0) is 12.1 Å². The molecule has 0 saturated heterocycles. The number of hydrogen-bond donors (Lipinski definition) is 1. The number of nitrogens with one attached hydrogen (secondary N) is 1. The van der Waals surface area contributed by atoms with E-state index < -0.39 is 5.63 Å². The first kappa shape index (κ1) is 12.6. The molecule has 0 atom stereocenters. The Labute approximate surface area is 118 Å². The average Bonchev–Trinajstić information content (AvgIpc) is 2.93. The van der Waals surface area contributed by atoms with E-state index in [-0.39, 0.29) is 0 Å². The van der Waals surface area contributed by atoms with Gasteiger partial charge in [-0.1, -0.05) is 35.6 Å². The summed E-state index contributed by atoms with van der Waals surface area (Å²) in [6.07, 6.45) is 1.73. The van der Waals surface area contributed by atoms with Crippen LogP contribution in [-0.2, 0) is 0 Å². The number of aromatic nitrogens is 2. The van der Waals surface area contributed by atoms with Crippen molar-refractivity contribution >= 4 is 27.4 Å². The van der Waals surface area contributed by atoms with Crippen molar-refractivity contribution in [2.24, 2.45) is 0 Å². The number of hydrogen-bond acceptors (Lipinski definition) is 6. The first-order chi connectivity index (χ1) is 9.78. The average molecular weight is 285 g/mol. The highest BCUT2D eigenvalue weighted by Gasteiger charge is 2.12. The maximum atomic E-state index is 12.0. The van der Waals surface area contributed by atoms with Gasteiger partial charge in [0, 0.05) is 11.9 Å². The maximum Gasteiger partial charge on any atom is 0.346 e. The van der Waals surface area contributed by atoms with Gasteiger partial charge in [-0.15, -0.1) is 16.8 Å². The summed E-state index contributed by atoms with van der Waals surface area (Å²) in [5.41, 5.74) is 0.582. The summed E-state index contributed by atoms with van der Waals surface area (Å²) < 4.78 is 5.28. The third-order valence-corrected chi connectivity index (χ3v) is 3.61. The topological polar surface area (TPSA) is 68.0 Å². The van der Waals surface area contributed by atoms with Gasteiger partial charge in [0.05, 0.1) is 5.56 Å². The molecule has 1 aromatic carbocycles. The van der Waals surface area contributed by atoms with Crippen LogP contribution in [0.3, 0.4) is 0 Å². The molecule has 0 aliphatic carbocycles. The van der Waals surface area contributed by atoms with Crippen molar-refractivity contribution in [1.29, 1.82) is 0 Å². The molecule has 3 aromatic rings. The molecule has 3 rings (SSSR count). The van der Waals surface area contributed by atoms with Crippen LogP contribution >= 0.6 is 11.3 Å². The monoisotopic (exact) mass is 285 g/mol. The first-order valence-electron chi connectivity index (χ1n) is 5.99. The highest BCUT2D eigenvalue weighted by molar-refractivity contribution is 7.18. The van der Waals surface area contributed by atoms with Crippen LogP contribution in [-0.4, -0.2) is 16.7 Å². The summed E-state index contributed by atoms with van der Waals surface area (Å²) >= 11 is 1.31. The van der Waals surface area contributed by atoms with Crippen molar-refractivity contribution < 1.29 is 4.42 Å². The predicted octanol–water partition coefficient (Wildman–Crippen LogP) is 2.91. The van der Waals surface area contributed by atoms with Gasteiger partial charge < -0.3 is 9.73 Å². The summed E-state index contributed by atoms with van der Waals surface area (Å²) in [5, 5.41) is 13.1. The molecule has 20 heavy (non-hydrogen) atoms. The van der Waals surface area contributed by atoms with Crippen LogP contribution in [0.5, 0.6) is 0 Å². The Morgan fingerprint density at radius 3 is 3.05 bits per heavy atom. The van der Waals surface area contributed by atoms with E-state index in [1.54, 1.807) is 18.2 Å². The number of rotatable bonds is 4. The van der Waals surface area contributed by atoms with Crippen LogP contribution in [0.15, 0.2) is 52.2 Å².